The van der Waals surface area contributed by atoms with E-state index in [1.54, 1.807) is 18.2 Å². The summed E-state index contributed by atoms with van der Waals surface area (Å²) in [6.07, 6.45) is 2.62. The highest BCUT2D eigenvalue weighted by atomic mass is 35.5. The molecule has 1 aromatic heterocycles. The number of aromatic nitrogens is 2. The predicted octanol–water partition coefficient (Wildman–Crippen LogP) is 5.04. The molecule has 0 aliphatic heterocycles. The number of hydrogen-bond donors (Lipinski definition) is 1. The zero-order valence-electron chi connectivity index (χ0n) is 14.2. The second-order valence-electron chi connectivity index (χ2n) is 5.43. The number of anilines is 1. The zero-order chi connectivity index (χ0) is 19.9. The molecule has 0 aliphatic carbocycles. The van der Waals surface area contributed by atoms with Crippen molar-refractivity contribution < 1.29 is 9.72 Å². The van der Waals surface area contributed by atoms with E-state index in [-0.39, 0.29) is 5.69 Å². The summed E-state index contributed by atoms with van der Waals surface area (Å²) in [5.74, 6) is 0.265. The maximum Gasteiger partial charge on any atom is 0.276 e. The zero-order valence-corrected chi connectivity index (χ0v) is 16.6. The SMILES string of the molecule is O=C(/C=C/c1ccccc1[N+](=O)[O-])Nc1nnc(SCc2ccc(Cl)cc2)s1. The number of nitrogens with zero attached hydrogens (tertiary/aromatic N) is 3. The van der Waals surface area contributed by atoms with Crippen molar-refractivity contribution >= 4 is 57.5 Å². The fraction of sp³-hybridized carbons (Fsp3) is 0.0556. The summed E-state index contributed by atoms with van der Waals surface area (Å²) in [6, 6.07) is 13.7. The van der Waals surface area contributed by atoms with Gasteiger partial charge in [0.25, 0.3) is 5.69 Å². The number of thioether (sulfide) groups is 1. The molecule has 0 fully saturated rings. The lowest BCUT2D eigenvalue weighted by molar-refractivity contribution is -0.385. The minimum Gasteiger partial charge on any atom is -0.297 e. The second-order valence-corrected chi connectivity index (χ2v) is 8.06. The third kappa shape index (κ3) is 5.62. The number of para-hydroxylation sites is 1. The highest BCUT2D eigenvalue weighted by Crippen LogP contribution is 2.28. The van der Waals surface area contributed by atoms with Crippen LogP contribution in [0.1, 0.15) is 11.1 Å². The smallest absolute Gasteiger partial charge is 0.276 e. The Hall–Kier alpha value is -2.75. The van der Waals surface area contributed by atoms with Gasteiger partial charge in [0.05, 0.1) is 10.5 Å². The summed E-state index contributed by atoms with van der Waals surface area (Å²) in [5.41, 5.74) is 1.38. The van der Waals surface area contributed by atoms with E-state index >= 15 is 0 Å². The first-order valence-corrected chi connectivity index (χ1v) is 10.1. The number of hydrogen-bond acceptors (Lipinski definition) is 7. The summed E-state index contributed by atoms with van der Waals surface area (Å²) in [6.45, 7) is 0. The van der Waals surface area contributed by atoms with Crippen LogP contribution in [0.3, 0.4) is 0 Å². The van der Waals surface area contributed by atoms with Gasteiger partial charge in [-0.2, -0.15) is 0 Å². The van der Waals surface area contributed by atoms with Crippen LogP contribution < -0.4 is 5.32 Å². The van der Waals surface area contributed by atoms with Crippen molar-refractivity contribution in [2.45, 2.75) is 10.1 Å². The Balaban J connectivity index is 1.56. The summed E-state index contributed by atoms with van der Waals surface area (Å²) in [7, 11) is 0. The highest BCUT2D eigenvalue weighted by Gasteiger charge is 2.11. The number of rotatable bonds is 7. The van der Waals surface area contributed by atoms with Gasteiger partial charge < -0.3 is 0 Å². The largest absolute Gasteiger partial charge is 0.297 e. The molecule has 142 valence electrons. The van der Waals surface area contributed by atoms with Crippen molar-refractivity contribution in [1.29, 1.82) is 0 Å². The third-order valence-electron chi connectivity index (χ3n) is 3.46. The average molecular weight is 433 g/mol. The van der Waals surface area contributed by atoms with Crippen LogP contribution in [0.4, 0.5) is 10.8 Å². The van der Waals surface area contributed by atoms with Crippen molar-refractivity contribution in [3.63, 3.8) is 0 Å². The van der Waals surface area contributed by atoms with Gasteiger partial charge in [-0.15, -0.1) is 10.2 Å². The molecule has 1 heterocycles. The number of benzene rings is 2. The number of nitrogens with one attached hydrogen (secondary N) is 1. The van der Waals surface area contributed by atoms with Crippen LogP contribution in [0.5, 0.6) is 0 Å². The van der Waals surface area contributed by atoms with Crippen molar-refractivity contribution in [2.24, 2.45) is 0 Å². The summed E-state index contributed by atoms with van der Waals surface area (Å²) in [5, 5.41) is 22.6. The van der Waals surface area contributed by atoms with Gasteiger partial charge in [0.2, 0.25) is 11.0 Å². The van der Waals surface area contributed by atoms with E-state index < -0.39 is 10.8 Å². The van der Waals surface area contributed by atoms with Crippen molar-refractivity contribution in [2.75, 3.05) is 5.32 Å². The molecule has 28 heavy (non-hydrogen) atoms. The molecule has 0 saturated heterocycles. The Morgan fingerprint density at radius 2 is 1.96 bits per heavy atom. The first kappa shape index (κ1) is 20.0. The van der Waals surface area contributed by atoms with Gasteiger partial charge in [-0.05, 0) is 29.8 Å². The number of carbonyl (C=O) groups excluding carboxylic acids is 1. The molecule has 1 N–H and O–H groups in total. The first-order valence-electron chi connectivity index (χ1n) is 7.94. The van der Waals surface area contributed by atoms with Gasteiger partial charge in [0.1, 0.15) is 0 Å². The predicted molar refractivity (Wildman–Crippen MR) is 112 cm³/mol. The molecule has 0 atom stereocenters. The molecule has 0 saturated carbocycles. The van der Waals surface area contributed by atoms with Gasteiger partial charge in [0, 0.05) is 22.9 Å². The van der Waals surface area contributed by atoms with Crippen molar-refractivity contribution in [3.05, 3.63) is 80.9 Å². The average Bonchev–Trinajstić information content (AvgIpc) is 3.13. The Morgan fingerprint density at radius 1 is 1.21 bits per heavy atom. The second kappa shape index (κ2) is 9.45. The van der Waals surface area contributed by atoms with Crippen molar-refractivity contribution in [3.8, 4) is 0 Å². The molecule has 0 radical (unpaired) electrons. The Kier molecular flexibility index (Phi) is 6.75. The molecule has 1 amide bonds. The summed E-state index contributed by atoms with van der Waals surface area (Å²) >= 11 is 8.62. The van der Waals surface area contributed by atoms with Crippen LogP contribution in [0, 0.1) is 10.1 Å². The monoisotopic (exact) mass is 432 g/mol. The molecule has 3 aromatic rings. The number of nitro groups is 1. The third-order valence-corrected chi connectivity index (χ3v) is 5.76. The summed E-state index contributed by atoms with van der Waals surface area (Å²) < 4.78 is 0.716. The summed E-state index contributed by atoms with van der Waals surface area (Å²) in [4.78, 5) is 22.5. The topological polar surface area (TPSA) is 98.0 Å². The van der Waals surface area contributed by atoms with E-state index in [1.165, 1.54) is 41.3 Å². The molecule has 2 aromatic carbocycles. The minimum atomic E-state index is -0.494. The minimum absolute atomic E-state index is 0.0663. The van der Waals surface area contributed by atoms with Crippen LogP contribution in [-0.4, -0.2) is 21.0 Å². The number of halogens is 1. The molecule has 0 spiro atoms. The Morgan fingerprint density at radius 3 is 2.71 bits per heavy atom. The first-order chi connectivity index (χ1) is 13.5. The van der Waals surface area contributed by atoms with E-state index in [4.69, 9.17) is 11.6 Å². The van der Waals surface area contributed by atoms with Gasteiger partial charge in [0.15, 0.2) is 4.34 Å². The van der Waals surface area contributed by atoms with E-state index in [9.17, 15) is 14.9 Å². The number of carbonyl (C=O) groups is 1. The number of amides is 1. The lowest BCUT2D eigenvalue weighted by atomic mass is 10.1. The van der Waals surface area contributed by atoms with Crippen molar-refractivity contribution in [1.82, 2.24) is 10.2 Å². The van der Waals surface area contributed by atoms with Gasteiger partial charge in [-0.3, -0.25) is 20.2 Å². The van der Waals surface area contributed by atoms with Crippen LogP contribution in [0.25, 0.3) is 6.08 Å². The van der Waals surface area contributed by atoms with Gasteiger partial charge >= 0.3 is 0 Å². The molecule has 10 heteroatoms. The van der Waals surface area contributed by atoms with Crippen LogP contribution >= 0.6 is 34.7 Å². The maximum absolute atomic E-state index is 12.0. The molecule has 0 aliphatic rings. The van der Waals surface area contributed by atoms with Crippen LogP contribution in [0.15, 0.2) is 58.9 Å². The highest BCUT2D eigenvalue weighted by molar-refractivity contribution is 8.00. The normalized spacial score (nSPS) is 10.9. The van der Waals surface area contributed by atoms with Gasteiger partial charge in [-0.25, -0.2) is 0 Å². The molecular weight excluding hydrogens is 420 g/mol. The fourth-order valence-electron chi connectivity index (χ4n) is 2.15. The van der Waals surface area contributed by atoms with Gasteiger partial charge in [-0.1, -0.05) is 59.0 Å². The van der Waals surface area contributed by atoms with Crippen LogP contribution in [-0.2, 0) is 10.5 Å². The molecule has 7 nitrogen and oxygen atoms in total. The standard InChI is InChI=1S/C18H13ClN4O3S2/c19-14-8-5-12(6-9-14)11-27-18-22-21-17(28-18)20-16(24)10-7-13-3-1-2-4-15(13)23(25)26/h1-10H,11H2,(H,20,21,24)/b10-7+. The van der Waals surface area contributed by atoms with E-state index in [0.29, 0.717) is 25.8 Å². The lowest BCUT2D eigenvalue weighted by Crippen LogP contribution is -2.07. The molecule has 0 bridgehead atoms. The van der Waals surface area contributed by atoms with E-state index in [1.807, 2.05) is 24.3 Å². The Bertz CT molecular complexity index is 1020. The number of nitro benzene ring substituents is 1. The fourth-order valence-corrected chi connectivity index (χ4v) is 3.99. The lowest BCUT2D eigenvalue weighted by Gasteiger charge is -1.98. The molecule has 0 unspecified atom stereocenters. The van der Waals surface area contributed by atoms with E-state index in [2.05, 4.69) is 15.5 Å². The molecular formula is C18H13ClN4O3S2. The quantitative estimate of drug-likeness (QED) is 0.184. The molecule has 3 rings (SSSR count). The van der Waals surface area contributed by atoms with Crippen LogP contribution in [0.2, 0.25) is 5.02 Å². The Labute approximate surface area is 173 Å². The maximum atomic E-state index is 12.0. The van der Waals surface area contributed by atoms with E-state index in [0.717, 1.165) is 5.56 Å².